The third kappa shape index (κ3) is 5.25. The molecule has 18 heavy (non-hydrogen) atoms. The van der Waals surface area contributed by atoms with Crippen LogP contribution < -0.4 is 5.73 Å². The molecule has 0 aliphatic carbocycles. The van der Waals surface area contributed by atoms with Gasteiger partial charge in [0.05, 0.1) is 6.61 Å². The fraction of sp³-hybridized carbons (Fsp3) is 0.571. The largest absolute Gasteiger partial charge is 0.398 e. The molecule has 1 rings (SSSR count). The fourth-order valence-corrected chi connectivity index (χ4v) is 2.10. The van der Waals surface area contributed by atoms with Crippen molar-refractivity contribution >= 4 is 17.3 Å². The maximum Gasteiger partial charge on any atom is 0.0589 e. The Balaban J connectivity index is 2.68. The molecular formula is C14H23ClN2O. The van der Waals surface area contributed by atoms with Crippen molar-refractivity contribution in [2.45, 2.75) is 20.4 Å². The van der Waals surface area contributed by atoms with Crippen molar-refractivity contribution in [2.24, 2.45) is 5.92 Å². The van der Waals surface area contributed by atoms with Crippen LogP contribution in [0.1, 0.15) is 19.4 Å². The van der Waals surface area contributed by atoms with E-state index in [1.54, 1.807) is 13.2 Å². The number of hydrogen-bond acceptors (Lipinski definition) is 3. The van der Waals surface area contributed by atoms with E-state index >= 15 is 0 Å². The molecule has 0 unspecified atom stereocenters. The highest BCUT2D eigenvalue weighted by Gasteiger charge is 2.10. The van der Waals surface area contributed by atoms with Crippen LogP contribution in [0.2, 0.25) is 5.02 Å². The van der Waals surface area contributed by atoms with Crippen LogP contribution in [0, 0.1) is 5.92 Å². The first-order valence-electron chi connectivity index (χ1n) is 6.28. The topological polar surface area (TPSA) is 38.5 Å². The molecule has 4 heteroatoms. The van der Waals surface area contributed by atoms with Crippen LogP contribution in [0.25, 0.3) is 0 Å². The standard InChI is InChI=1S/C14H23ClN2O/c1-11(2)9-17(6-7-18-3)10-12-4-5-13(15)8-14(12)16/h4-5,8,11H,6-7,9-10,16H2,1-3H3. The van der Waals surface area contributed by atoms with Gasteiger partial charge in [-0.3, -0.25) is 4.90 Å². The number of methoxy groups -OCH3 is 1. The second kappa shape index (κ2) is 7.62. The summed E-state index contributed by atoms with van der Waals surface area (Å²) in [6, 6.07) is 5.69. The van der Waals surface area contributed by atoms with Gasteiger partial charge in [0.15, 0.2) is 0 Å². The molecule has 0 spiro atoms. The predicted molar refractivity (Wildman–Crippen MR) is 77.9 cm³/mol. The van der Waals surface area contributed by atoms with Gasteiger partial charge in [0.1, 0.15) is 0 Å². The summed E-state index contributed by atoms with van der Waals surface area (Å²) in [5.41, 5.74) is 7.87. The average Bonchev–Trinajstić information content (AvgIpc) is 2.29. The van der Waals surface area contributed by atoms with Gasteiger partial charge in [0, 0.05) is 37.5 Å². The highest BCUT2D eigenvalue weighted by atomic mass is 35.5. The minimum Gasteiger partial charge on any atom is -0.398 e. The quantitative estimate of drug-likeness (QED) is 0.774. The van der Waals surface area contributed by atoms with Crippen molar-refractivity contribution in [2.75, 3.05) is 32.5 Å². The van der Waals surface area contributed by atoms with Gasteiger partial charge in [0.2, 0.25) is 0 Å². The van der Waals surface area contributed by atoms with E-state index in [9.17, 15) is 0 Å². The molecule has 2 N–H and O–H groups in total. The summed E-state index contributed by atoms with van der Waals surface area (Å²) in [4.78, 5) is 2.35. The Morgan fingerprint density at radius 2 is 2.11 bits per heavy atom. The van der Waals surface area contributed by atoms with Crippen LogP contribution in [0.3, 0.4) is 0 Å². The molecule has 0 saturated heterocycles. The van der Waals surface area contributed by atoms with Crippen LogP contribution in [-0.4, -0.2) is 31.7 Å². The third-order valence-corrected chi connectivity index (χ3v) is 2.97. The normalized spacial score (nSPS) is 11.4. The molecule has 0 atom stereocenters. The van der Waals surface area contributed by atoms with Crippen molar-refractivity contribution in [1.82, 2.24) is 4.90 Å². The Labute approximate surface area is 115 Å². The highest BCUT2D eigenvalue weighted by molar-refractivity contribution is 6.30. The summed E-state index contributed by atoms with van der Waals surface area (Å²) in [6.45, 7) is 7.95. The Morgan fingerprint density at radius 3 is 2.67 bits per heavy atom. The number of ether oxygens (including phenoxy) is 1. The Kier molecular flexibility index (Phi) is 6.47. The van der Waals surface area contributed by atoms with Crippen LogP contribution in [0.4, 0.5) is 5.69 Å². The average molecular weight is 271 g/mol. The number of hydrogen-bond donors (Lipinski definition) is 1. The SMILES string of the molecule is COCCN(Cc1ccc(Cl)cc1N)CC(C)C. The Morgan fingerprint density at radius 1 is 1.39 bits per heavy atom. The summed E-state index contributed by atoms with van der Waals surface area (Å²) < 4.78 is 5.15. The molecule has 102 valence electrons. The molecule has 0 radical (unpaired) electrons. The van der Waals surface area contributed by atoms with Gasteiger partial charge >= 0.3 is 0 Å². The van der Waals surface area contributed by atoms with Crippen LogP contribution in [-0.2, 0) is 11.3 Å². The minimum absolute atomic E-state index is 0.621. The van der Waals surface area contributed by atoms with Crippen molar-refractivity contribution in [3.05, 3.63) is 28.8 Å². The van der Waals surface area contributed by atoms with Gasteiger partial charge < -0.3 is 10.5 Å². The van der Waals surface area contributed by atoms with Gasteiger partial charge in [0.25, 0.3) is 0 Å². The van der Waals surface area contributed by atoms with Crippen LogP contribution in [0.15, 0.2) is 18.2 Å². The first-order chi connectivity index (χ1) is 8.52. The zero-order valence-corrected chi connectivity index (χ0v) is 12.2. The van der Waals surface area contributed by atoms with E-state index in [-0.39, 0.29) is 0 Å². The fourth-order valence-electron chi connectivity index (χ4n) is 1.92. The molecule has 0 fully saturated rings. The number of anilines is 1. The third-order valence-electron chi connectivity index (χ3n) is 2.74. The predicted octanol–water partition coefficient (Wildman–Crippen LogP) is 3.03. The van der Waals surface area contributed by atoms with E-state index in [1.807, 2.05) is 12.1 Å². The van der Waals surface area contributed by atoms with Crippen LogP contribution in [0.5, 0.6) is 0 Å². The first-order valence-corrected chi connectivity index (χ1v) is 6.66. The lowest BCUT2D eigenvalue weighted by molar-refractivity contribution is 0.136. The maximum atomic E-state index is 5.99. The molecule has 0 aliphatic heterocycles. The summed E-state index contributed by atoms with van der Waals surface area (Å²) in [5, 5.41) is 0.684. The lowest BCUT2D eigenvalue weighted by Gasteiger charge is -2.24. The van der Waals surface area contributed by atoms with Crippen molar-refractivity contribution in [3.8, 4) is 0 Å². The monoisotopic (exact) mass is 270 g/mol. The molecule has 1 aromatic carbocycles. The number of halogens is 1. The van der Waals surface area contributed by atoms with E-state index in [4.69, 9.17) is 22.1 Å². The highest BCUT2D eigenvalue weighted by Crippen LogP contribution is 2.19. The summed E-state index contributed by atoms with van der Waals surface area (Å²) in [5.74, 6) is 0.621. The molecule has 0 bridgehead atoms. The molecule has 0 amide bonds. The van der Waals surface area contributed by atoms with Crippen LogP contribution >= 0.6 is 11.6 Å². The smallest absolute Gasteiger partial charge is 0.0589 e. The summed E-state index contributed by atoms with van der Waals surface area (Å²) >= 11 is 5.91. The van der Waals surface area contributed by atoms with Gasteiger partial charge in [-0.2, -0.15) is 0 Å². The van der Waals surface area contributed by atoms with E-state index in [1.165, 1.54) is 0 Å². The van der Waals surface area contributed by atoms with Gasteiger partial charge in [-0.15, -0.1) is 0 Å². The number of benzene rings is 1. The molecule has 0 aromatic heterocycles. The van der Waals surface area contributed by atoms with E-state index < -0.39 is 0 Å². The van der Waals surface area contributed by atoms with E-state index in [0.29, 0.717) is 10.9 Å². The number of nitrogens with two attached hydrogens (primary N) is 1. The van der Waals surface area contributed by atoms with Crippen molar-refractivity contribution in [3.63, 3.8) is 0 Å². The maximum absolute atomic E-state index is 5.99. The second-order valence-corrected chi connectivity index (χ2v) is 5.40. The zero-order valence-electron chi connectivity index (χ0n) is 11.4. The minimum atomic E-state index is 0.621. The summed E-state index contributed by atoms with van der Waals surface area (Å²) in [6.07, 6.45) is 0. The van der Waals surface area contributed by atoms with Crippen molar-refractivity contribution in [1.29, 1.82) is 0 Å². The van der Waals surface area contributed by atoms with E-state index in [2.05, 4.69) is 18.7 Å². The molecule has 1 aromatic rings. The first kappa shape index (κ1) is 15.3. The Bertz CT molecular complexity index is 369. The van der Waals surface area contributed by atoms with E-state index in [0.717, 1.165) is 37.5 Å². The molecule has 0 aliphatic rings. The van der Waals surface area contributed by atoms with Gasteiger partial charge in [-0.25, -0.2) is 0 Å². The lowest BCUT2D eigenvalue weighted by Crippen LogP contribution is -2.30. The molecule has 0 heterocycles. The number of rotatable bonds is 7. The van der Waals surface area contributed by atoms with Crippen molar-refractivity contribution < 1.29 is 4.74 Å². The zero-order chi connectivity index (χ0) is 13.5. The van der Waals surface area contributed by atoms with Gasteiger partial charge in [-0.1, -0.05) is 31.5 Å². The van der Waals surface area contributed by atoms with Gasteiger partial charge in [-0.05, 0) is 23.6 Å². The number of nitrogens with zero attached hydrogens (tertiary/aromatic N) is 1. The molecule has 0 saturated carbocycles. The molecular weight excluding hydrogens is 248 g/mol. The lowest BCUT2D eigenvalue weighted by atomic mass is 10.1. The summed E-state index contributed by atoms with van der Waals surface area (Å²) in [7, 11) is 1.73. The second-order valence-electron chi connectivity index (χ2n) is 4.96. The Hall–Kier alpha value is -0.770. The number of nitrogen functional groups attached to an aromatic ring is 1. The molecule has 3 nitrogen and oxygen atoms in total.